The van der Waals surface area contributed by atoms with Gasteiger partial charge < -0.3 is 9.64 Å². The van der Waals surface area contributed by atoms with Gasteiger partial charge in [0.05, 0.1) is 12.8 Å². The number of aryl methyl sites for hydroxylation is 1. The van der Waals surface area contributed by atoms with E-state index in [9.17, 15) is 4.79 Å². The Morgan fingerprint density at radius 3 is 2.67 bits per heavy atom. The number of piperidine rings is 1. The lowest BCUT2D eigenvalue weighted by molar-refractivity contribution is -0.132. The van der Waals surface area contributed by atoms with Crippen LogP contribution in [0.1, 0.15) is 36.4 Å². The molecule has 1 aromatic heterocycles. The quantitative estimate of drug-likeness (QED) is 0.578. The molecule has 1 aliphatic rings. The number of carbonyl (C=O) groups excluding carboxylic acids is 1. The number of ether oxygens (including phenoxy) is 1. The molecule has 3 aromatic rings. The number of para-hydroxylation sites is 1. The first-order chi connectivity index (χ1) is 14.7. The van der Waals surface area contributed by atoms with Gasteiger partial charge in [-0.1, -0.05) is 48.5 Å². The Labute approximate surface area is 178 Å². The van der Waals surface area contributed by atoms with E-state index in [1.54, 1.807) is 7.11 Å². The van der Waals surface area contributed by atoms with Crippen molar-refractivity contribution in [2.24, 2.45) is 0 Å². The summed E-state index contributed by atoms with van der Waals surface area (Å²) in [6.45, 7) is 1.59. The average molecular weight is 401 g/mol. The van der Waals surface area contributed by atoms with Gasteiger partial charge in [0.25, 0.3) is 0 Å². The maximum absolute atomic E-state index is 12.8. The Morgan fingerprint density at radius 1 is 1.03 bits per heavy atom. The molecular formula is C26H28N2O2. The Balaban J connectivity index is 1.45. The van der Waals surface area contributed by atoms with E-state index >= 15 is 0 Å². The second-order valence-corrected chi connectivity index (χ2v) is 7.81. The molecule has 2 heterocycles. The van der Waals surface area contributed by atoms with Crippen LogP contribution in [0.3, 0.4) is 0 Å². The third-order valence-corrected chi connectivity index (χ3v) is 5.82. The summed E-state index contributed by atoms with van der Waals surface area (Å²) < 4.78 is 5.50. The zero-order chi connectivity index (χ0) is 20.8. The number of amides is 1. The minimum atomic E-state index is 0.240. The normalized spacial score (nSPS) is 16.3. The van der Waals surface area contributed by atoms with Crippen molar-refractivity contribution in [2.45, 2.75) is 31.6 Å². The lowest BCUT2D eigenvalue weighted by atomic mass is 9.93. The molecule has 1 saturated heterocycles. The Bertz CT molecular complexity index is 987. The molecule has 0 spiro atoms. The molecule has 1 fully saturated rings. The molecule has 0 aliphatic carbocycles. The summed E-state index contributed by atoms with van der Waals surface area (Å²) in [6.07, 6.45) is 3.43. The van der Waals surface area contributed by atoms with E-state index in [1.807, 2.05) is 53.4 Å². The van der Waals surface area contributed by atoms with Crippen LogP contribution in [0.15, 0.2) is 72.8 Å². The summed E-state index contributed by atoms with van der Waals surface area (Å²) in [7, 11) is 1.68. The van der Waals surface area contributed by atoms with Crippen molar-refractivity contribution < 1.29 is 9.53 Å². The Hall–Kier alpha value is -3.14. The van der Waals surface area contributed by atoms with Gasteiger partial charge in [-0.05, 0) is 49.1 Å². The van der Waals surface area contributed by atoms with Crippen LogP contribution in [0.25, 0.3) is 11.3 Å². The number of benzene rings is 2. The first kappa shape index (κ1) is 20.1. The van der Waals surface area contributed by atoms with Crippen molar-refractivity contribution >= 4 is 5.91 Å². The topological polar surface area (TPSA) is 42.4 Å². The molecule has 0 radical (unpaired) electrons. The standard InChI is InChI=1S/C26H28N2O2/c1-30-25-15-6-5-12-22(25)24-14-7-13-23(27-24)21-11-8-18-28(19-21)26(29)17-16-20-9-3-2-4-10-20/h2-7,9-10,12-15,21H,8,11,16-19H2,1H3/t21-/m1/s1. The van der Waals surface area contributed by atoms with Crippen LogP contribution in [0, 0.1) is 0 Å². The number of likely N-dealkylation sites (tertiary alicyclic amines) is 1. The van der Waals surface area contributed by atoms with Crippen molar-refractivity contribution in [2.75, 3.05) is 20.2 Å². The van der Waals surface area contributed by atoms with Crippen LogP contribution in [0.4, 0.5) is 0 Å². The number of carbonyl (C=O) groups is 1. The number of rotatable bonds is 6. The lowest BCUT2D eigenvalue weighted by Gasteiger charge is -2.32. The molecule has 4 rings (SSSR count). The van der Waals surface area contributed by atoms with Gasteiger partial charge in [0, 0.05) is 36.7 Å². The minimum absolute atomic E-state index is 0.240. The second kappa shape index (κ2) is 9.57. The van der Waals surface area contributed by atoms with Gasteiger partial charge in [0.15, 0.2) is 0 Å². The molecule has 4 heteroatoms. The summed E-state index contributed by atoms with van der Waals surface area (Å²) in [5.41, 5.74) is 4.18. The number of pyridine rings is 1. The molecule has 2 aromatic carbocycles. The molecule has 30 heavy (non-hydrogen) atoms. The van der Waals surface area contributed by atoms with E-state index < -0.39 is 0 Å². The van der Waals surface area contributed by atoms with Crippen molar-refractivity contribution in [3.63, 3.8) is 0 Å². The van der Waals surface area contributed by atoms with Crippen molar-refractivity contribution in [1.29, 1.82) is 0 Å². The molecule has 0 saturated carbocycles. The molecule has 154 valence electrons. The molecule has 1 atom stereocenters. The number of hydrogen-bond acceptors (Lipinski definition) is 3. The van der Waals surface area contributed by atoms with Gasteiger partial charge >= 0.3 is 0 Å². The van der Waals surface area contributed by atoms with E-state index in [0.717, 1.165) is 55.1 Å². The van der Waals surface area contributed by atoms with Crippen molar-refractivity contribution in [1.82, 2.24) is 9.88 Å². The third-order valence-electron chi connectivity index (χ3n) is 5.82. The number of nitrogens with zero attached hydrogens (tertiary/aromatic N) is 2. The second-order valence-electron chi connectivity index (χ2n) is 7.81. The molecule has 1 amide bonds. The highest BCUT2D eigenvalue weighted by molar-refractivity contribution is 5.76. The molecule has 4 nitrogen and oxygen atoms in total. The SMILES string of the molecule is COc1ccccc1-c1cccc([C@@H]2CCCN(C(=O)CCc3ccccc3)C2)n1. The number of methoxy groups -OCH3 is 1. The van der Waals surface area contributed by atoms with Crippen molar-refractivity contribution in [3.8, 4) is 17.0 Å². The summed E-state index contributed by atoms with van der Waals surface area (Å²) >= 11 is 0. The van der Waals surface area contributed by atoms with E-state index in [0.29, 0.717) is 6.42 Å². The smallest absolute Gasteiger partial charge is 0.222 e. The van der Waals surface area contributed by atoms with E-state index in [2.05, 4.69) is 24.3 Å². The highest BCUT2D eigenvalue weighted by atomic mass is 16.5. The van der Waals surface area contributed by atoms with E-state index in [1.165, 1.54) is 5.56 Å². The van der Waals surface area contributed by atoms with Crippen LogP contribution in [-0.2, 0) is 11.2 Å². The van der Waals surface area contributed by atoms with Gasteiger partial charge in [-0.15, -0.1) is 0 Å². The van der Waals surface area contributed by atoms with Crippen LogP contribution >= 0.6 is 0 Å². The maximum atomic E-state index is 12.8. The lowest BCUT2D eigenvalue weighted by Crippen LogP contribution is -2.39. The van der Waals surface area contributed by atoms with Crippen molar-refractivity contribution in [3.05, 3.63) is 84.1 Å². The van der Waals surface area contributed by atoms with E-state index in [-0.39, 0.29) is 11.8 Å². The zero-order valence-electron chi connectivity index (χ0n) is 17.5. The van der Waals surface area contributed by atoms with Gasteiger partial charge in [0.1, 0.15) is 5.75 Å². The minimum Gasteiger partial charge on any atom is -0.496 e. The molecular weight excluding hydrogens is 372 g/mol. The third kappa shape index (κ3) is 4.70. The fraction of sp³-hybridized carbons (Fsp3) is 0.308. The molecule has 1 aliphatic heterocycles. The average Bonchev–Trinajstić information content (AvgIpc) is 2.83. The van der Waals surface area contributed by atoms with E-state index in [4.69, 9.17) is 9.72 Å². The first-order valence-corrected chi connectivity index (χ1v) is 10.7. The monoisotopic (exact) mass is 400 g/mol. The highest BCUT2D eigenvalue weighted by Gasteiger charge is 2.25. The van der Waals surface area contributed by atoms with Crippen LogP contribution in [-0.4, -0.2) is 36.0 Å². The fourth-order valence-electron chi connectivity index (χ4n) is 4.18. The Morgan fingerprint density at radius 2 is 1.83 bits per heavy atom. The predicted molar refractivity (Wildman–Crippen MR) is 120 cm³/mol. The number of hydrogen-bond donors (Lipinski definition) is 0. The summed E-state index contributed by atoms with van der Waals surface area (Å²) in [6, 6.07) is 24.3. The van der Waals surface area contributed by atoms with Crippen LogP contribution < -0.4 is 4.74 Å². The van der Waals surface area contributed by atoms with Gasteiger partial charge in [-0.2, -0.15) is 0 Å². The number of aromatic nitrogens is 1. The van der Waals surface area contributed by atoms with Crippen LogP contribution in [0.2, 0.25) is 0 Å². The predicted octanol–water partition coefficient (Wildman–Crippen LogP) is 5.10. The zero-order valence-corrected chi connectivity index (χ0v) is 17.5. The Kier molecular flexibility index (Phi) is 6.43. The van der Waals surface area contributed by atoms with Crippen LogP contribution in [0.5, 0.6) is 5.75 Å². The maximum Gasteiger partial charge on any atom is 0.222 e. The first-order valence-electron chi connectivity index (χ1n) is 10.7. The largest absolute Gasteiger partial charge is 0.496 e. The molecule has 0 unspecified atom stereocenters. The molecule has 0 N–H and O–H groups in total. The summed E-state index contributed by atoms with van der Waals surface area (Å²) in [4.78, 5) is 19.8. The fourth-order valence-corrected chi connectivity index (χ4v) is 4.18. The highest BCUT2D eigenvalue weighted by Crippen LogP contribution is 2.31. The van der Waals surface area contributed by atoms with Gasteiger partial charge in [-0.3, -0.25) is 9.78 Å². The van der Waals surface area contributed by atoms with Gasteiger partial charge in [-0.25, -0.2) is 0 Å². The summed E-state index contributed by atoms with van der Waals surface area (Å²) in [5, 5.41) is 0. The van der Waals surface area contributed by atoms with Gasteiger partial charge in [0.2, 0.25) is 5.91 Å². The summed E-state index contributed by atoms with van der Waals surface area (Å²) in [5.74, 6) is 1.34. The molecule has 0 bridgehead atoms.